The number of carboxylic acids is 1. The number of aliphatic hydroxyl groups excluding tert-OH is 2. The number of carboxylic acid groups (broad SMARTS) is 1. The molecule has 0 fully saturated rings. The number of halogens is 2. The number of nitrogens with two attached hydrogens (primary N) is 1. The van der Waals surface area contributed by atoms with Crippen molar-refractivity contribution >= 4 is 81.7 Å². The second-order valence-electron chi connectivity index (χ2n) is 21.0. The maximum Gasteiger partial charge on any atom is 0.311 e. The minimum absolute atomic E-state index is 0.00722. The number of aliphatic carboxylic acids is 1. The van der Waals surface area contributed by atoms with Crippen molar-refractivity contribution in [2.45, 2.75) is 108 Å². The van der Waals surface area contributed by atoms with Crippen LogP contribution in [0.3, 0.4) is 0 Å². The number of phenols is 3. The zero-order chi connectivity index (χ0) is 60.5. The van der Waals surface area contributed by atoms with E-state index in [-0.39, 0.29) is 72.8 Å². The molecule has 438 valence electrons. The number of thiocarbonyl (C=S) groups is 1. The number of primary amides is 1. The van der Waals surface area contributed by atoms with Crippen LogP contribution >= 0.6 is 35.4 Å². The Morgan fingerprint density at radius 2 is 1.37 bits per heavy atom. The number of carbonyl (C=O) groups is 7. The smallest absolute Gasteiger partial charge is 0.311 e. The quantitative estimate of drug-likeness (QED) is 0.0786. The third kappa shape index (κ3) is 13.1. The first-order valence-corrected chi connectivity index (χ1v) is 27.5. The molecule has 0 saturated carbocycles. The summed E-state index contributed by atoms with van der Waals surface area (Å²) in [6.45, 7) is 6.98. The number of carbonyl (C=O) groups excluding carboxylic acids is 6. The van der Waals surface area contributed by atoms with Gasteiger partial charge in [0.05, 0.1) is 28.4 Å². The number of phenolic OH excluding ortho intramolecular Hbond substituents is 3. The number of rotatable bonds is 9. The van der Waals surface area contributed by atoms with Gasteiger partial charge in [-0.05, 0) is 127 Å². The third-order valence-electron chi connectivity index (χ3n) is 14.8. The van der Waals surface area contributed by atoms with Gasteiger partial charge in [0.25, 0.3) is 0 Å². The lowest BCUT2D eigenvalue weighted by molar-refractivity contribution is -0.140. The minimum Gasteiger partial charge on any atom is -0.508 e. The Bertz CT molecular complexity index is 3460. The minimum atomic E-state index is -1.90. The number of hydrogen-bond donors (Lipinski definition) is 13. The molecule has 10 atom stereocenters. The summed E-state index contributed by atoms with van der Waals surface area (Å²) in [4.78, 5) is 99.7. The number of ether oxygens (including phenoxy) is 2. The van der Waals surface area contributed by atoms with E-state index in [0.29, 0.717) is 12.0 Å². The molecule has 5 aliphatic rings. The normalized spacial score (nSPS) is 23.2. The van der Waals surface area contributed by atoms with Gasteiger partial charge in [0.2, 0.25) is 35.3 Å². The Balaban J connectivity index is 1.38. The predicted molar refractivity (Wildman–Crippen MR) is 306 cm³/mol. The van der Waals surface area contributed by atoms with Gasteiger partial charge in [-0.15, -0.1) is 0 Å². The average molecular weight is 1200 g/mol. The van der Waals surface area contributed by atoms with Crippen LogP contribution in [0.25, 0.3) is 11.1 Å². The first kappa shape index (κ1) is 61.0. The van der Waals surface area contributed by atoms with Crippen molar-refractivity contribution in [2.75, 3.05) is 7.05 Å². The molecule has 5 heterocycles. The highest BCUT2D eigenvalue weighted by molar-refractivity contribution is 7.80. The van der Waals surface area contributed by atoms with Crippen molar-refractivity contribution in [1.82, 2.24) is 31.9 Å². The molecule has 0 radical (unpaired) electrons. The van der Waals surface area contributed by atoms with E-state index in [0.717, 1.165) is 12.1 Å². The molecule has 22 nitrogen and oxygen atoms in total. The summed E-state index contributed by atoms with van der Waals surface area (Å²) in [6, 6.07) is 6.82. The van der Waals surface area contributed by atoms with Crippen LogP contribution in [0.4, 0.5) is 0 Å². The molecule has 5 aromatic rings. The predicted octanol–water partition coefficient (Wildman–Crippen LogP) is 5.71. The molecule has 10 rings (SSSR count). The fourth-order valence-electron chi connectivity index (χ4n) is 10.4. The van der Waals surface area contributed by atoms with Crippen LogP contribution < -0.4 is 47.1 Å². The number of hydrogen-bond acceptors (Lipinski definition) is 16. The van der Waals surface area contributed by atoms with E-state index in [2.05, 4.69) is 31.9 Å². The molecule has 83 heavy (non-hydrogen) atoms. The summed E-state index contributed by atoms with van der Waals surface area (Å²) in [6.07, 6.45) is -4.84. The van der Waals surface area contributed by atoms with E-state index in [1.165, 1.54) is 67.7 Å². The number of likely N-dealkylation sites (N-methyl/N-ethyl adjacent to an activating group) is 1. The van der Waals surface area contributed by atoms with Gasteiger partial charge in [-0.1, -0.05) is 80.5 Å². The second-order valence-corrected chi connectivity index (χ2v) is 22.3. The summed E-state index contributed by atoms with van der Waals surface area (Å²) in [7, 11) is 1.53. The monoisotopic (exact) mass is 1200 g/mol. The summed E-state index contributed by atoms with van der Waals surface area (Å²) in [5.74, 6) is -13.1. The molecule has 14 N–H and O–H groups in total. The van der Waals surface area contributed by atoms with Crippen LogP contribution in [0.2, 0.25) is 10.0 Å². The first-order chi connectivity index (χ1) is 39.3. The first-order valence-electron chi connectivity index (χ1n) is 26.4. The van der Waals surface area contributed by atoms with E-state index in [1.54, 1.807) is 19.9 Å². The largest absolute Gasteiger partial charge is 0.508 e. The van der Waals surface area contributed by atoms with Gasteiger partial charge in [0.15, 0.2) is 17.3 Å². The Morgan fingerprint density at radius 3 is 1.94 bits per heavy atom. The molecule has 0 spiro atoms. The number of amides is 5. The average Bonchev–Trinajstić information content (AvgIpc) is 3.21. The molecule has 0 aliphatic carbocycles. The lowest BCUT2D eigenvalue weighted by Crippen LogP contribution is -2.59. The zero-order valence-electron chi connectivity index (χ0n) is 45.3. The molecular formula is C58H61Cl2N7O15S. The van der Waals surface area contributed by atoms with Crippen molar-refractivity contribution in [3.63, 3.8) is 0 Å². The van der Waals surface area contributed by atoms with Crippen molar-refractivity contribution in [3.8, 4) is 51.4 Å². The van der Waals surface area contributed by atoms with Crippen LogP contribution in [-0.2, 0) is 33.6 Å². The lowest BCUT2D eigenvalue weighted by Gasteiger charge is -2.32. The second kappa shape index (κ2) is 25.2. The van der Waals surface area contributed by atoms with E-state index < -0.39 is 148 Å². The van der Waals surface area contributed by atoms with Gasteiger partial charge in [-0.25, -0.2) is 0 Å². The van der Waals surface area contributed by atoms with Crippen LogP contribution in [-0.4, -0.2) is 108 Å². The Morgan fingerprint density at radius 1 is 0.759 bits per heavy atom. The molecule has 5 aliphatic heterocycles. The van der Waals surface area contributed by atoms with Crippen LogP contribution in [0, 0.1) is 18.8 Å². The van der Waals surface area contributed by atoms with E-state index in [4.69, 9.17) is 50.6 Å². The Labute approximate surface area is 491 Å². The van der Waals surface area contributed by atoms with E-state index >= 15 is 14.4 Å². The van der Waals surface area contributed by atoms with Crippen molar-refractivity contribution in [3.05, 3.63) is 122 Å². The number of aromatic hydroxyl groups is 3. The number of nitrogens with one attached hydrogen (secondary N) is 6. The maximum absolute atomic E-state index is 15.4. The summed E-state index contributed by atoms with van der Waals surface area (Å²) >= 11 is 19.9. The van der Waals surface area contributed by atoms with Gasteiger partial charge in [0.1, 0.15) is 70.4 Å². The van der Waals surface area contributed by atoms with E-state index in [1.807, 2.05) is 13.8 Å². The molecule has 5 aromatic carbocycles. The Kier molecular flexibility index (Phi) is 18.5. The van der Waals surface area contributed by atoms with Gasteiger partial charge >= 0.3 is 5.97 Å². The molecule has 5 amide bonds. The number of aryl methyl sites for hydroxylation is 1. The van der Waals surface area contributed by atoms with E-state index in [9.17, 15) is 49.8 Å². The number of benzene rings is 5. The fourth-order valence-corrected chi connectivity index (χ4v) is 11.2. The fraction of sp³-hybridized carbons (Fsp3) is 0.345. The van der Waals surface area contributed by atoms with Gasteiger partial charge in [-0.2, -0.15) is 0 Å². The van der Waals surface area contributed by atoms with Crippen molar-refractivity contribution < 1.29 is 73.7 Å². The van der Waals surface area contributed by atoms with Crippen molar-refractivity contribution in [2.24, 2.45) is 17.6 Å². The van der Waals surface area contributed by atoms with Crippen LogP contribution in [0.1, 0.15) is 110 Å². The number of fused-ring (bicyclic) bond motifs is 15. The number of aliphatic hydroxyl groups is 2. The Hall–Kier alpha value is -8.06. The topological polar surface area (TPSA) is 358 Å². The van der Waals surface area contributed by atoms with Crippen LogP contribution in [0.5, 0.6) is 40.2 Å². The SMILES string of the molecule is CCC1CC(C(=O)O)c2cc(O)cc(O)c2-c2cc(ccc2C)C2NC(=S)C3NC(=O)C(CC(N)=O)NC(=O)C(NC(=O)C(CC(C)C)NC)C(O)c4ccc(c(Cl)c4)Oc4cc3cc(c4O)Oc3ccc(cc3Cl)C(O)C(NC2=O)C1=O. The van der Waals surface area contributed by atoms with Gasteiger partial charge in [0, 0.05) is 17.5 Å². The molecule has 0 saturated heterocycles. The zero-order valence-corrected chi connectivity index (χ0v) is 47.6. The number of Topliss-reactive ketones (excluding diaryl/α,β-unsaturated/α-hetero) is 1. The summed E-state index contributed by atoms with van der Waals surface area (Å²) in [5, 5.41) is 85.6. The molecule has 0 aromatic heterocycles. The van der Waals surface area contributed by atoms with Gasteiger partial charge < -0.3 is 77.7 Å². The molecule has 10 unspecified atom stereocenters. The molecule has 25 heteroatoms. The highest BCUT2D eigenvalue weighted by Crippen LogP contribution is 2.48. The standard InChI is InChI=1S/C58H61Cl2N7O15S/c1-6-25-14-33(58(79)80)32-20-30(68)21-38(69)44(32)31-15-26(8-7-24(31)4)45-55(77)65-47(49(25)71)50(72)27-9-11-39(34(59)16-27)81-41-18-29-19-42(52(41)74)82-40-12-10-28(17-35(40)60)51(73)48(66-53(75)36(62-5)13-23(2)3)56(78)63-37(22-43(61)70)54(76)64-46(29)57(83)67-45/h7-12,15-21,23,25,33,36-37,45-48,50-51,62,68-69,72-74H,6,13-14,22H2,1-5H3,(H2,61,70)(H,63,78)(H,64,76)(H,65,77)(H,66,75)(H,67,83)(H,79,80). The van der Waals surface area contributed by atoms with Crippen LogP contribution in [0.15, 0.2) is 78.9 Å². The summed E-state index contributed by atoms with van der Waals surface area (Å²) in [5.41, 5.74) is 6.08. The summed E-state index contributed by atoms with van der Waals surface area (Å²) < 4.78 is 12.5. The lowest BCUT2D eigenvalue weighted by atomic mass is 9.79. The maximum atomic E-state index is 15.4. The highest BCUT2D eigenvalue weighted by Gasteiger charge is 2.42. The van der Waals surface area contributed by atoms with Gasteiger partial charge in [-0.3, -0.25) is 33.6 Å². The molecular weight excluding hydrogens is 1140 g/mol. The third-order valence-corrected chi connectivity index (χ3v) is 15.8. The molecule has 11 bridgehead atoms. The highest BCUT2D eigenvalue weighted by atomic mass is 35.5. The number of ketones is 1. The van der Waals surface area contributed by atoms with Crippen molar-refractivity contribution in [1.29, 1.82) is 0 Å².